The summed E-state index contributed by atoms with van der Waals surface area (Å²) < 4.78 is 0. The number of aryl methyl sites for hydroxylation is 1. The molecular weight excluding hydrogens is 322 g/mol. The van der Waals surface area contributed by atoms with E-state index in [-0.39, 0.29) is 10.6 Å². The van der Waals surface area contributed by atoms with E-state index < -0.39 is 0 Å². The van der Waals surface area contributed by atoms with Gasteiger partial charge < -0.3 is 4.90 Å². The fourth-order valence-corrected chi connectivity index (χ4v) is 4.33. The largest absolute Gasteiger partial charge is 0.347 e. The Morgan fingerprint density at radius 3 is 2.75 bits per heavy atom. The second kappa shape index (κ2) is 7.13. The highest BCUT2D eigenvalue weighted by Crippen LogP contribution is 2.37. The molecule has 1 unspecified atom stereocenters. The maximum atomic E-state index is 10.9. The molecule has 1 saturated carbocycles. The molecule has 1 heterocycles. The van der Waals surface area contributed by atoms with Gasteiger partial charge in [-0.2, -0.15) is 0 Å². The fourth-order valence-electron chi connectivity index (χ4n) is 3.12. The molecule has 0 aromatic heterocycles. The Morgan fingerprint density at radius 1 is 1.42 bits per heavy atom. The van der Waals surface area contributed by atoms with E-state index in [4.69, 9.17) is 4.99 Å². The number of benzene rings is 1. The monoisotopic (exact) mass is 347 g/mol. The smallest absolute Gasteiger partial charge is 0.269 e. The molecule has 130 valence electrons. The quantitative estimate of drug-likeness (QED) is 0.550. The Morgan fingerprint density at radius 2 is 2.17 bits per heavy atom. The molecule has 0 N–H and O–H groups in total. The van der Waals surface area contributed by atoms with Gasteiger partial charge >= 0.3 is 0 Å². The summed E-state index contributed by atoms with van der Waals surface area (Å²) in [5.41, 5.74) is 1.83. The van der Waals surface area contributed by atoms with Crippen LogP contribution in [0.2, 0.25) is 0 Å². The van der Waals surface area contributed by atoms with Crippen LogP contribution in [0.4, 0.5) is 11.4 Å². The van der Waals surface area contributed by atoms with E-state index in [0.29, 0.717) is 12.0 Å². The normalized spacial score (nSPS) is 22.6. The first-order chi connectivity index (χ1) is 11.4. The molecule has 2 fully saturated rings. The summed E-state index contributed by atoms with van der Waals surface area (Å²) in [6, 6.07) is 5.48. The summed E-state index contributed by atoms with van der Waals surface area (Å²) in [5.74, 6) is 2.59. The lowest BCUT2D eigenvalue weighted by Gasteiger charge is -2.27. The minimum Gasteiger partial charge on any atom is -0.347 e. The molecule has 0 amide bonds. The molecular formula is C18H25N3O2S. The lowest BCUT2D eigenvalue weighted by atomic mass is 10.0. The summed E-state index contributed by atoms with van der Waals surface area (Å²) in [5, 5.41) is 12.0. The number of aliphatic imine (C=N–C) groups is 1. The van der Waals surface area contributed by atoms with E-state index >= 15 is 0 Å². The Labute approximate surface area is 147 Å². The van der Waals surface area contributed by atoms with Crippen molar-refractivity contribution >= 4 is 28.3 Å². The lowest BCUT2D eigenvalue weighted by molar-refractivity contribution is -0.384. The van der Waals surface area contributed by atoms with E-state index in [9.17, 15) is 10.1 Å². The van der Waals surface area contributed by atoms with Crippen molar-refractivity contribution in [3.05, 3.63) is 33.9 Å². The van der Waals surface area contributed by atoms with Gasteiger partial charge in [0.2, 0.25) is 0 Å². The topological polar surface area (TPSA) is 58.7 Å². The molecule has 5 nitrogen and oxygen atoms in total. The first-order valence-electron chi connectivity index (χ1n) is 8.67. The molecule has 1 saturated heterocycles. The first-order valence-corrected chi connectivity index (χ1v) is 9.65. The molecule has 0 spiro atoms. The highest BCUT2D eigenvalue weighted by molar-refractivity contribution is 8.14. The van der Waals surface area contributed by atoms with Crippen LogP contribution in [0.15, 0.2) is 23.2 Å². The minimum absolute atomic E-state index is 0.128. The van der Waals surface area contributed by atoms with Crippen molar-refractivity contribution in [2.24, 2.45) is 16.8 Å². The van der Waals surface area contributed by atoms with Crippen LogP contribution in [0.1, 0.15) is 38.7 Å². The predicted molar refractivity (Wildman–Crippen MR) is 100 cm³/mol. The van der Waals surface area contributed by atoms with Crippen LogP contribution in [0, 0.1) is 28.9 Å². The lowest BCUT2D eigenvalue weighted by Crippen LogP contribution is -2.36. The summed E-state index contributed by atoms with van der Waals surface area (Å²) in [7, 11) is 0. The Hall–Kier alpha value is -1.56. The number of hydrogen-bond acceptors (Lipinski definition) is 4. The molecule has 6 heteroatoms. The summed E-state index contributed by atoms with van der Waals surface area (Å²) in [6.07, 6.45) is 3.86. The van der Waals surface area contributed by atoms with Gasteiger partial charge in [-0.25, -0.2) is 4.99 Å². The van der Waals surface area contributed by atoms with E-state index in [0.717, 1.165) is 34.6 Å². The Balaban J connectivity index is 1.83. The average molecular weight is 347 g/mol. The van der Waals surface area contributed by atoms with Crippen molar-refractivity contribution in [3.63, 3.8) is 0 Å². The van der Waals surface area contributed by atoms with Gasteiger partial charge in [0.15, 0.2) is 5.17 Å². The van der Waals surface area contributed by atoms with Gasteiger partial charge in [0.25, 0.3) is 5.69 Å². The number of rotatable bonds is 6. The fraction of sp³-hybridized carbons (Fsp3) is 0.611. The molecule has 3 rings (SSSR count). The standard InChI is InChI=1S/C18H25N3O2S/c1-12(2)8-16-11-24-18(20(16)10-14-4-5-14)19-17-7-6-15(21(22)23)9-13(17)3/h6-7,9,12,14,16H,4-5,8,10-11H2,1-3H3. The van der Waals surface area contributed by atoms with Gasteiger partial charge in [0.1, 0.15) is 0 Å². The van der Waals surface area contributed by atoms with Crippen LogP contribution in [0.25, 0.3) is 0 Å². The minimum atomic E-state index is -0.355. The van der Waals surface area contributed by atoms with Gasteiger partial charge in [0, 0.05) is 30.5 Å². The van der Waals surface area contributed by atoms with Crippen LogP contribution in [-0.4, -0.2) is 33.3 Å². The zero-order valence-electron chi connectivity index (χ0n) is 14.6. The van der Waals surface area contributed by atoms with Gasteiger partial charge in [-0.15, -0.1) is 0 Å². The first kappa shape index (κ1) is 17.3. The van der Waals surface area contributed by atoms with Crippen molar-refractivity contribution in [2.45, 2.75) is 46.1 Å². The summed E-state index contributed by atoms with van der Waals surface area (Å²) in [6.45, 7) is 7.54. The molecule has 24 heavy (non-hydrogen) atoms. The van der Waals surface area contributed by atoms with Crippen molar-refractivity contribution in [1.82, 2.24) is 4.90 Å². The second-order valence-electron chi connectivity index (χ2n) is 7.31. The highest BCUT2D eigenvalue weighted by Gasteiger charge is 2.35. The third kappa shape index (κ3) is 4.09. The summed E-state index contributed by atoms with van der Waals surface area (Å²) >= 11 is 1.83. The van der Waals surface area contributed by atoms with Gasteiger partial charge in [-0.3, -0.25) is 10.1 Å². The number of nitro groups is 1. The van der Waals surface area contributed by atoms with E-state index in [2.05, 4.69) is 18.7 Å². The van der Waals surface area contributed by atoms with Gasteiger partial charge in [-0.1, -0.05) is 25.6 Å². The number of thioether (sulfide) groups is 1. The van der Waals surface area contributed by atoms with Crippen LogP contribution in [0.5, 0.6) is 0 Å². The molecule has 1 aromatic rings. The number of nitrogens with zero attached hydrogens (tertiary/aromatic N) is 3. The number of amidine groups is 1. The predicted octanol–water partition coefficient (Wildman–Crippen LogP) is 4.76. The van der Waals surface area contributed by atoms with Gasteiger partial charge in [0.05, 0.1) is 10.6 Å². The molecule has 1 atom stereocenters. The molecule has 0 radical (unpaired) electrons. The van der Waals surface area contributed by atoms with Crippen molar-refractivity contribution in [1.29, 1.82) is 0 Å². The van der Waals surface area contributed by atoms with E-state index in [1.165, 1.54) is 19.3 Å². The van der Waals surface area contributed by atoms with Crippen LogP contribution in [0.3, 0.4) is 0 Å². The zero-order valence-corrected chi connectivity index (χ0v) is 15.4. The van der Waals surface area contributed by atoms with Crippen LogP contribution < -0.4 is 0 Å². The maximum absolute atomic E-state index is 10.9. The third-order valence-corrected chi connectivity index (χ3v) is 5.73. The SMILES string of the molecule is Cc1cc([N+](=O)[O-])ccc1N=C1SCC(CC(C)C)N1CC1CC1. The van der Waals surface area contributed by atoms with E-state index in [1.54, 1.807) is 18.2 Å². The zero-order chi connectivity index (χ0) is 17.3. The second-order valence-corrected chi connectivity index (χ2v) is 8.30. The number of nitro benzene ring substituents is 1. The third-order valence-electron chi connectivity index (χ3n) is 4.59. The molecule has 1 aliphatic heterocycles. The Kier molecular flexibility index (Phi) is 5.13. The maximum Gasteiger partial charge on any atom is 0.269 e. The van der Waals surface area contributed by atoms with Crippen molar-refractivity contribution < 1.29 is 4.92 Å². The molecule has 1 aromatic carbocycles. The molecule has 0 bridgehead atoms. The number of hydrogen-bond donors (Lipinski definition) is 0. The van der Waals surface area contributed by atoms with E-state index in [1.807, 2.05) is 18.7 Å². The van der Waals surface area contributed by atoms with Crippen molar-refractivity contribution in [2.75, 3.05) is 12.3 Å². The Bertz CT molecular complexity index is 656. The number of non-ortho nitro benzene ring substituents is 1. The molecule has 1 aliphatic carbocycles. The summed E-state index contributed by atoms with van der Waals surface area (Å²) in [4.78, 5) is 17.9. The average Bonchev–Trinajstić information content (AvgIpc) is 3.26. The highest BCUT2D eigenvalue weighted by atomic mass is 32.2. The van der Waals surface area contributed by atoms with Gasteiger partial charge in [-0.05, 0) is 49.7 Å². The van der Waals surface area contributed by atoms with Crippen molar-refractivity contribution in [3.8, 4) is 0 Å². The van der Waals surface area contributed by atoms with Crippen LogP contribution in [-0.2, 0) is 0 Å². The van der Waals surface area contributed by atoms with Crippen LogP contribution >= 0.6 is 11.8 Å². The molecule has 2 aliphatic rings.